The van der Waals surface area contributed by atoms with Gasteiger partial charge in [0.2, 0.25) is 0 Å². The van der Waals surface area contributed by atoms with Crippen molar-refractivity contribution in [2.75, 3.05) is 14.2 Å². The van der Waals surface area contributed by atoms with Crippen LogP contribution in [0.15, 0.2) is 79.1 Å². The van der Waals surface area contributed by atoms with Crippen LogP contribution in [0.3, 0.4) is 0 Å². The second-order valence-electron chi connectivity index (χ2n) is 7.04. The van der Waals surface area contributed by atoms with E-state index in [1.165, 1.54) is 0 Å². The largest absolute Gasteiger partial charge is 0.508 e. The van der Waals surface area contributed by atoms with Crippen LogP contribution in [0.25, 0.3) is 22.3 Å². The Bertz CT molecular complexity index is 1080. The topological polar surface area (TPSA) is 63.9 Å². The third-order valence-corrected chi connectivity index (χ3v) is 5.05. The van der Waals surface area contributed by atoms with Gasteiger partial charge in [-0.05, 0) is 53.1 Å². The van der Waals surface area contributed by atoms with Crippen LogP contribution in [0.4, 0.5) is 0 Å². The van der Waals surface area contributed by atoms with Gasteiger partial charge in [0.15, 0.2) is 11.5 Å². The summed E-state index contributed by atoms with van der Waals surface area (Å²) in [6.45, 7) is 0.656. The van der Waals surface area contributed by atoms with E-state index in [0.29, 0.717) is 18.0 Å². The monoisotopic (exact) mass is 401 g/mol. The number of ether oxygens (including phenoxy) is 2. The SMILES string of the molecule is COc1ccc(Cn2cc(-c3ccc(O)cc3)c(-c3ccc(O)cc3)c2)cc1OC. The molecule has 1 heterocycles. The Kier molecular flexibility index (Phi) is 5.35. The lowest BCUT2D eigenvalue weighted by Gasteiger charge is -2.10. The molecule has 5 heteroatoms. The molecule has 0 amide bonds. The molecule has 0 unspecified atom stereocenters. The predicted octanol–water partition coefficient (Wildman–Crippen LogP) is 5.30. The normalized spacial score (nSPS) is 10.7. The summed E-state index contributed by atoms with van der Waals surface area (Å²) in [5.74, 6) is 1.85. The van der Waals surface area contributed by atoms with Gasteiger partial charge in [0.25, 0.3) is 0 Å². The zero-order chi connectivity index (χ0) is 21.1. The highest BCUT2D eigenvalue weighted by atomic mass is 16.5. The van der Waals surface area contributed by atoms with E-state index < -0.39 is 0 Å². The predicted molar refractivity (Wildman–Crippen MR) is 117 cm³/mol. The van der Waals surface area contributed by atoms with Gasteiger partial charge in [0, 0.05) is 30.1 Å². The maximum Gasteiger partial charge on any atom is 0.161 e. The van der Waals surface area contributed by atoms with Crippen LogP contribution in [0, 0.1) is 0 Å². The number of nitrogens with zero attached hydrogens (tertiary/aromatic N) is 1. The smallest absolute Gasteiger partial charge is 0.161 e. The van der Waals surface area contributed by atoms with Gasteiger partial charge in [-0.25, -0.2) is 0 Å². The maximum atomic E-state index is 9.66. The second-order valence-corrected chi connectivity index (χ2v) is 7.04. The summed E-state index contributed by atoms with van der Waals surface area (Å²) in [5.41, 5.74) is 5.17. The van der Waals surface area contributed by atoms with Crippen molar-refractivity contribution in [3.05, 3.63) is 84.7 Å². The molecule has 0 aliphatic carbocycles. The van der Waals surface area contributed by atoms with E-state index in [1.807, 2.05) is 42.5 Å². The fraction of sp³-hybridized carbons (Fsp3) is 0.120. The summed E-state index contributed by atoms with van der Waals surface area (Å²) < 4.78 is 12.9. The molecular weight excluding hydrogens is 378 g/mol. The molecule has 0 saturated heterocycles. The summed E-state index contributed by atoms with van der Waals surface area (Å²) in [6.07, 6.45) is 4.18. The first-order chi connectivity index (χ1) is 14.6. The molecule has 0 spiro atoms. The Morgan fingerprint density at radius 1 is 0.667 bits per heavy atom. The van der Waals surface area contributed by atoms with Gasteiger partial charge >= 0.3 is 0 Å². The molecule has 4 rings (SSSR count). The first-order valence-corrected chi connectivity index (χ1v) is 9.57. The van der Waals surface area contributed by atoms with E-state index in [-0.39, 0.29) is 11.5 Å². The molecule has 0 fully saturated rings. The summed E-state index contributed by atoms with van der Waals surface area (Å²) in [4.78, 5) is 0. The van der Waals surface area contributed by atoms with Gasteiger partial charge in [-0.15, -0.1) is 0 Å². The van der Waals surface area contributed by atoms with E-state index in [4.69, 9.17) is 9.47 Å². The number of hydrogen-bond donors (Lipinski definition) is 2. The summed E-state index contributed by atoms with van der Waals surface area (Å²) >= 11 is 0. The Morgan fingerprint density at radius 3 is 1.63 bits per heavy atom. The van der Waals surface area contributed by atoms with E-state index in [1.54, 1.807) is 38.5 Å². The standard InChI is InChI=1S/C25H23NO4/c1-29-24-12-3-17(13-25(24)30-2)14-26-15-22(18-4-8-20(27)9-5-18)23(16-26)19-6-10-21(28)11-7-19/h3-13,15-16,27-28H,14H2,1-2H3. The Morgan fingerprint density at radius 2 is 1.17 bits per heavy atom. The molecule has 5 nitrogen and oxygen atoms in total. The van der Waals surface area contributed by atoms with Crippen LogP contribution in [0.2, 0.25) is 0 Å². The van der Waals surface area contributed by atoms with Crippen molar-refractivity contribution >= 4 is 0 Å². The van der Waals surface area contributed by atoms with E-state index in [0.717, 1.165) is 27.8 Å². The van der Waals surface area contributed by atoms with Crippen LogP contribution >= 0.6 is 0 Å². The minimum atomic E-state index is 0.231. The van der Waals surface area contributed by atoms with Crippen molar-refractivity contribution in [3.63, 3.8) is 0 Å². The number of rotatable bonds is 6. The number of aromatic nitrogens is 1. The van der Waals surface area contributed by atoms with Gasteiger partial charge in [0.1, 0.15) is 11.5 Å². The number of methoxy groups -OCH3 is 2. The fourth-order valence-electron chi connectivity index (χ4n) is 3.53. The van der Waals surface area contributed by atoms with Crippen molar-refractivity contribution in [2.24, 2.45) is 0 Å². The molecule has 2 N–H and O–H groups in total. The van der Waals surface area contributed by atoms with Crippen molar-refractivity contribution < 1.29 is 19.7 Å². The third kappa shape index (κ3) is 3.96. The molecule has 4 aromatic rings. The number of phenolic OH excluding ortho intramolecular Hbond substituents is 2. The molecule has 0 atom stereocenters. The molecule has 3 aromatic carbocycles. The highest BCUT2D eigenvalue weighted by molar-refractivity contribution is 5.83. The first kappa shape index (κ1) is 19.5. The highest BCUT2D eigenvalue weighted by Crippen LogP contribution is 2.35. The summed E-state index contributed by atoms with van der Waals surface area (Å²) in [6, 6.07) is 20.2. The zero-order valence-electron chi connectivity index (χ0n) is 16.9. The van der Waals surface area contributed by atoms with Gasteiger partial charge in [-0.2, -0.15) is 0 Å². The van der Waals surface area contributed by atoms with Crippen molar-refractivity contribution in [1.82, 2.24) is 4.57 Å². The Balaban J connectivity index is 1.75. The van der Waals surface area contributed by atoms with Crippen molar-refractivity contribution in [1.29, 1.82) is 0 Å². The lowest BCUT2D eigenvalue weighted by molar-refractivity contribution is 0.354. The molecule has 0 aliphatic heterocycles. The van der Waals surface area contributed by atoms with Crippen LogP contribution in [-0.2, 0) is 6.54 Å². The van der Waals surface area contributed by atoms with E-state index in [9.17, 15) is 10.2 Å². The van der Waals surface area contributed by atoms with Crippen LogP contribution in [0.1, 0.15) is 5.56 Å². The van der Waals surface area contributed by atoms with E-state index >= 15 is 0 Å². The number of hydrogen-bond acceptors (Lipinski definition) is 4. The van der Waals surface area contributed by atoms with Gasteiger partial charge in [-0.3, -0.25) is 0 Å². The third-order valence-electron chi connectivity index (χ3n) is 5.05. The molecule has 0 saturated carbocycles. The summed E-state index contributed by atoms with van der Waals surface area (Å²) in [7, 11) is 3.25. The molecule has 152 valence electrons. The van der Waals surface area contributed by atoms with Crippen molar-refractivity contribution in [2.45, 2.75) is 6.54 Å². The van der Waals surface area contributed by atoms with Crippen LogP contribution < -0.4 is 9.47 Å². The quantitative estimate of drug-likeness (QED) is 0.460. The Labute approximate surface area is 175 Å². The van der Waals surface area contributed by atoms with E-state index in [2.05, 4.69) is 17.0 Å². The molecule has 0 radical (unpaired) electrons. The number of aromatic hydroxyl groups is 2. The minimum absolute atomic E-state index is 0.231. The first-order valence-electron chi connectivity index (χ1n) is 9.57. The van der Waals surface area contributed by atoms with Gasteiger partial charge < -0.3 is 24.3 Å². The van der Waals surface area contributed by atoms with Crippen LogP contribution in [0.5, 0.6) is 23.0 Å². The maximum absolute atomic E-state index is 9.66. The highest BCUT2D eigenvalue weighted by Gasteiger charge is 2.13. The average molecular weight is 401 g/mol. The Hall–Kier alpha value is -3.86. The fourth-order valence-corrected chi connectivity index (χ4v) is 3.53. The summed E-state index contributed by atoms with van der Waals surface area (Å²) in [5, 5.41) is 19.3. The van der Waals surface area contributed by atoms with Crippen LogP contribution in [-0.4, -0.2) is 29.0 Å². The van der Waals surface area contributed by atoms with Crippen molar-refractivity contribution in [3.8, 4) is 45.3 Å². The molecule has 0 aliphatic rings. The molecule has 30 heavy (non-hydrogen) atoms. The molecular formula is C25H23NO4. The lowest BCUT2D eigenvalue weighted by Crippen LogP contribution is -1.98. The average Bonchev–Trinajstić information content (AvgIpc) is 3.18. The van der Waals surface area contributed by atoms with Gasteiger partial charge in [0.05, 0.1) is 14.2 Å². The van der Waals surface area contributed by atoms with Gasteiger partial charge in [-0.1, -0.05) is 30.3 Å². The molecule has 1 aromatic heterocycles. The number of benzene rings is 3. The second kappa shape index (κ2) is 8.25. The zero-order valence-corrected chi connectivity index (χ0v) is 16.9. The molecule has 0 bridgehead atoms. The minimum Gasteiger partial charge on any atom is -0.508 e. The lowest BCUT2D eigenvalue weighted by atomic mass is 9.99. The number of phenols is 2.